The Morgan fingerprint density at radius 3 is 2.42 bits per heavy atom. The lowest BCUT2D eigenvalue weighted by Gasteiger charge is -2.06. The van der Waals surface area contributed by atoms with E-state index in [0.29, 0.717) is 16.3 Å². The van der Waals surface area contributed by atoms with Crippen LogP contribution in [0, 0.1) is 0 Å². The second kappa shape index (κ2) is 5.99. The van der Waals surface area contributed by atoms with E-state index in [4.69, 9.17) is 0 Å². The lowest BCUT2D eigenvalue weighted by Crippen LogP contribution is -2.11. The van der Waals surface area contributed by atoms with E-state index in [0.717, 1.165) is 4.47 Å². The standard InChI is InChI=1S/C13H11BrN2O2S/c1-8(17)15-10-3-2-4-11(6-10)16-13(18)12-5-9(14)7-19-12/h2-7H,1H3,(H,15,17)(H,16,18). The second-order valence-corrected chi connectivity index (χ2v) is 5.67. The quantitative estimate of drug-likeness (QED) is 0.895. The third-order valence-electron chi connectivity index (χ3n) is 2.23. The maximum Gasteiger partial charge on any atom is 0.265 e. The Hall–Kier alpha value is -1.66. The first-order valence-electron chi connectivity index (χ1n) is 5.47. The van der Waals surface area contributed by atoms with Gasteiger partial charge in [-0.2, -0.15) is 0 Å². The van der Waals surface area contributed by atoms with Crippen molar-refractivity contribution in [2.75, 3.05) is 10.6 Å². The Morgan fingerprint density at radius 1 is 1.16 bits per heavy atom. The summed E-state index contributed by atoms with van der Waals surface area (Å²) in [6.07, 6.45) is 0. The minimum Gasteiger partial charge on any atom is -0.326 e. The van der Waals surface area contributed by atoms with Crippen LogP contribution in [0.1, 0.15) is 16.6 Å². The smallest absolute Gasteiger partial charge is 0.265 e. The van der Waals surface area contributed by atoms with Crippen LogP contribution in [0.15, 0.2) is 40.2 Å². The summed E-state index contributed by atoms with van der Waals surface area (Å²) >= 11 is 4.67. The Balaban J connectivity index is 2.10. The van der Waals surface area contributed by atoms with Gasteiger partial charge in [-0.3, -0.25) is 9.59 Å². The van der Waals surface area contributed by atoms with Gasteiger partial charge < -0.3 is 10.6 Å². The number of thiophene rings is 1. The van der Waals surface area contributed by atoms with Crippen molar-refractivity contribution in [3.63, 3.8) is 0 Å². The van der Waals surface area contributed by atoms with E-state index < -0.39 is 0 Å². The Bertz CT molecular complexity index is 625. The number of hydrogen-bond acceptors (Lipinski definition) is 3. The molecule has 0 unspecified atom stereocenters. The van der Waals surface area contributed by atoms with Crippen LogP contribution < -0.4 is 10.6 Å². The summed E-state index contributed by atoms with van der Waals surface area (Å²) in [5.74, 6) is -0.318. The molecule has 0 aliphatic rings. The minimum absolute atomic E-state index is 0.148. The molecule has 0 aliphatic heterocycles. The molecule has 0 radical (unpaired) electrons. The number of rotatable bonds is 3. The Kier molecular flexibility index (Phi) is 4.34. The summed E-state index contributed by atoms with van der Waals surface area (Å²) in [6, 6.07) is 8.77. The van der Waals surface area contributed by atoms with E-state index in [2.05, 4.69) is 26.6 Å². The van der Waals surface area contributed by atoms with Gasteiger partial charge in [0.25, 0.3) is 5.91 Å². The summed E-state index contributed by atoms with van der Waals surface area (Å²) in [7, 11) is 0. The third kappa shape index (κ3) is 3.90. The molecule has 0 bridgehead atoms. The van der Waals surface area contributed by atoms with Crippen LogP contribution in [-0.2, 0) is 4.79 Å². The molecule has 19 heavy (non-hydrogen) atoms. The molecule has 0 aliphatic carbocycles. The van der Waals surface area contributed by atoms with Crippen LogP contribution in [0.2, 0.25) is 0 Å². The number of hydrogen-bond donors (Lipinski definition) is 2. The zero-order chi connectivity index (χ0) is 13.8. The molecule has 1 aromatic heterocycles. The van der Waals surface area contributed by atoms with Crippen LogP contribution in [-0.4, -0.2) is 11.8 Å². The van der Waals surface area contributed by atoms with Gasteiger partial charge in [0, 0.05) is 28.2 Å². The molecule has 4 nitrogen and oxygen atoms in total. The van der Waals surface area contributed by atoms with Crippen molar-refractivity contribution < 1.29 is 9.59 Å². The lowest BCUT2D eigenvalue weighted by molar-refractivity contribution is -0.114. The average molecular weight is 339 g/mol. The topological polar surface area (TPSA) is 58.2 Å². The number of carbonyl (C=O) groups excluding carboxylic acids is 2. The van der Waals surface area contributed by atoms with E-state index in [1.54, 1.807) is 30.3 Å². The summed E-state index contributed by atoms with van der Waals surface area (Å²) in [4.78, 5) is 23.5. The SMILES string of the molecule is CC(=O)Nc1cccc(NC(=O)c2cc(Br)cs2)c1. The average Bonchev–Trinajstić information content (AvgIpc) is 2.75. The number of nitrogens with one attached hydrogen (secondary N) is 2. The molecule has 0 saturated heterocycles. The zero-order valence-electron chi connectivity index (χ0n) is 10.1. The summed E-state index contributed by atoms with van der Waals surface area (Å²) in [5.41, 5.74) is 1.29. The van der Waals surface area contributed by atoms with Crippen LogP contribution in [0.3, 0.4) is 0 Å². The van der Waals surface area contributed by atoms with Gasteiger partial charge in [0.05, 0.1) is 4.88 Å². The summed E-state index contributed by atoms with van der Waals surface area (Å²) in [6.45, 7) is 1.44. The highest BCUT2D eigenvalue weighted by molar-refractivity contribution is 9.10. The predicted octanol–water partition coefficient (Wildman–Crippen LogP) is 3.72. The Labute approximate surface area is 123 Å². The van der Waals surface area contributed by atoms with Crippen LogP contribution in [0.5, 0.6) is 0 Å². The maximum atomic E-state index is 12.0. The van der Waals surface area contributed by atoms with E-state index >= 15 is 0 Å². The highest BCUT2D eigenvalue weighted by atomic mass is 79.9. The highest BCUT2D eigenvalue weighted by Gasteiger charge is 2.09. The van der Waals surface area contributed by atoms with Gasteiger partial charge in [0.15, 0.2) is 0 Å². The van der Waals surface area contributed by atoms with Gasteiger partial charge in [-0.25, -0.2) is 0 Å². The third-order valence-corrected chi connectivity index (χ3v) is 3.92. The van der Waals surface area contributed by atoms with Gasteiger partial charge in [0.2, 0.25) is 5.91 Å². The second-order valence-electron chi connectivity index (χ2n) is 3.85. The van der Waals surface area contributed by atoms with Gasteiger partial charge >= 0.3 is 0 Å². The summed E-state index contributed by atoms with van der Waals surface area (Å²) in [5, 5.41) is 7.30. The van der Waals surface area contributed by atoms with E-state index in [1.165, 1.54) is 18.3 Å². The van der Waals surface area contributed by atoms with Crippen molar-refractivity contribution in [2.24, 2.45) is 0 Å². The first-order valence-corrected chi connectivity index (χ1v) is 7.15. The van der Waals surface area contributed by atoms with Gasteiger partial charge in [-0.1, -0.05) is 6.07 Å². The first-order chi connectivity index (χ1) is 9.04. The fourth-order valence-corrected chi connectivity index (χ4v) is 2.82. The molecule has 1 aromatic carbocycles. The fourth-order valence-electron chi connectivity index (χ4n) is 1.50. The Morgan fingerprint density at radius 2 is 1.84 bits per heavy atom. The van der Waals surface area contributed by atoms with Crippen molar-refractivity contribution in [3.05, 3.63) is 45.1 Å². The maximum absolute atomic E-state index is 12.0. The van der Waals surface area contributed by atoms with Gasteiger partial charge in [-0.05, 0) is 40.2 Å². The van der Waals surface area contributed by atoms with Crippen molar-refractivity contribution in [1.82, 2.24) is 0 Å². The van der Waals surface area contributed by atoms with Crippen LogP contribution in [0.25, 0.3) is 0 Å². The van der Waals surface area contributed by atoms with E-state index in [-0.39, 0.29) is 11.8 Å². The molecular formula is C13H11BrN2O2S. The molecule has 2 rings (SSSR count). The summed E-state index contributed by atoms with van der Waals surface area (Å²) < 4.78 is 0.884. The van der Waals surface area contributed by atoms with E-state index in [9.17, 15) is 9.59 Å². The number of amides is 2. The lowest BCUT2D eigenvalue weighted by atomic mass is 10.2. The number of benzene rings is 1. The van der Waals surface area contributed by atoms with Crippen molar-refractivity contribution in [1.29, 1.82) is 0 Å². The number of halogens is 1. The molecule has 1 heterocycles. The molecule has 0 saturated carbocycles. The fraction of sp³-hybridized carbons (Fsp3) is 0.0769. The molecule has 2 amide bonds. The van der Waals surface area contributed by atoms with Crippen molar-refractivity contribution in [3.8, 4) is 0 Å². The number of carbonyl (C=O) groups is 2. The van der Waals surface area contributed by atoms with Crippen LogP contribution >= 0.6 is 27.3 Å². The molecular weight excluding hydrogens is 328 g/mol. The molecule has 0 atom stereocenters. The van der Waals surface area contributed by atoms with Gasteiger partial charge in [-0.15, -0.1) is 11.3 Å². The molecule has 6 heteroatoms. The van der Waals surface area contributed by atoms with Gasteiger partial charge in [0.1, 0.15) is 0 Å². The molecule has 0 fully saturated rings. The number of anilines is 2. The predicted molar refractivity (Wildman–Crippen MR) is 80.7 cm³/mol. The molecule has 0 spiro atoms. The normalized spacial score (nSPS) is 10.0. The van der Waals surface area contributed by atoms with E-state index in [1.807, 2.05) is 5.38 Å². The zero-order valence-corrected chi connectivity index (χ0v) is 12.5. The molecule has 2 N–H and O–H groups in total. The molecule has 98 valence electrons. The van der Waals surface area contributed by atoms with Crippen molar-refractivity contribution in [2.45, 2.75) is 6.92 Å². The minimum atomic E-state index is -0.171. The molecule has 2 aromatic rings. The van der Waals surface area contributed by atoms with Crippen molar-refractivity contribution >= 4 is 50.5 Å². The van der Waals surface area contributed by atoms with Crippen LogP contribution in [0.4, 0.5) is 11.4 Å². The largest absolute Gasteiger partial charge is 0.326 e. The highest BCUT2D eigenvalue weighted by Crippen LogP contribution is 2.22. The first kappa shape index (κ1) is 13.8. The monoisotopic (exact) mass is 338 g/mol.